The Balaban J connectivity index is 1.37. The van der Waals surface area contributed by atoms with Gasteiger partial charge in [0, 0.05) is 24.6 Å². The summed E-state index contributed by atoms with van der Waals surface area (Å²) in [5.74, 6) is 0.811. The van der Waals surface area contributed by atoms with E-state index < -0.39 is 10.0 Å². The Labute approximate surface area is 160 Å². The van der Waals surface area contributed by atoms with Crippen LogP contribution in [-0.4, -0.2) is 26.1 Å². The lowest BCUT2D eigenvalue weighted by Crippen LogP contribution is -2.25. The SMILES string of the molecule is Cc1ccc(S(=O)(=O)NCCCCOc2ccc(-n3cccc3)cc2)cc1. The van der Waals surface area contributed by atoms with Gasteiger partial charge in [0.2, 0.25) is 10.0 Å². The van der Waals surface area contributed by atoms with Gasteiger partial charge in [0.25, 0.3) is 0 Å². The van der Waals surface area contributed by atoms with Crippen molar-refractivity contribution in [2.75, 3.05) is 13.2 Å². The van der Waals surface area contributed by atoms with Gasteiger partial charge in [0.05, 0.1) is 11.5 Å². The average Bonchev–Trinajstić information content (AvgIpc) is 3.20. The molecule has 1 aromatic heterocycles. The van der Waals surface area contributed by atoms with Crippen LogP contribution in [0.1, 0.15) is 18.4 Å². The number of benzene rings is 2. The van der Waals surface area contributed by atoms with Gasteiger partial charge in [-0.1, -0.05) is 17.7 Å². The number of ether oxygens (including phenoxy) is 1. The van der Waals surface area contributed by atoms with Crippen LogP contribution in [0.5, 0.6) is 5.75 Å². The lowest BCUT2D eigenvalue weighted by Gasteiger charge is -2.09. The van der Waals surface area contributed by atoms with Crippen LogP contribution in [0.25, 0.3) is 5.69 Å². The van der Waals surface area contributed by atoms with E-state index in [1.54, 1.807) is 24.3 Å². The summed E-state index contributed by atoms with van der Waals surface area (Å²) in [7, 11) is -3.44. The summed E-state index contributed by atoms with van der Waals surface area (Å²) >= 11 is 0. The molecule has 6 heteroatoms. The van der Waals surface area contributed by atoms with Crippen LogP contribution in [0.15, 0.2) is 78.0 Å². The first-order valence-electron chi connectivity index (χ1n) is 8.97. The maximum atomic E-state index is 12.2. The maximum Gasteiger partial charge on any atom is 0.240 e. The monoisotopic (exact) mass is 384 g/mol. The van der Waals surface area contributed by atoms with Gasteiger partial charge in [-0.25, -0.2) is 13.1 Å². The molecule has 0 atom stereocenters. The molecule has 1 N–H and O–H groups in total. The number of hydrogen-bond donors (Lipinski definition) is 1. The standard InChI is InChI=1S/C21H24N2O3S/c1-18-6-12-21(13-7-18)27(24,25)22-14-2-5-17-26-20-10-8-19(9-11-20)23-15-3-4-16-23/h3-4,6-13,15-16,22H,2,5,14,17H2,1H3. The number of hydrogen-bond acceptors (Lipinski definition) is 3. The third kappa shape index (κ3) is 5.45. The molecule has 0 aliphatic rings. The van der Waals surface area contributed by atoms with Crippen molar-refractivity contribution in [3.05, 3.63) is 78.6 Å². The number of unbranched alkanes of at least 4 members (excludes halogenated alkanes) is 1. The highest BCUT2D eigenvalue weighted by Crippen LogP contribution is 2.16. The number of nitrogens with zero attached hydrogens (tertiary/aromatic N) is 1. The summed E-state index contributed by atoms with van der Waals surface area (Å²) in [5.41, 5.74) is 2.12. The molecule has 0 radical (unpaired) electrons. The normalized spacial score (nSPS) is 11.4. The van der Waals surface area contributed by atoms with Crippen molar-refractivity contribution in [3.8, 4) is 11.4 Å². The molecule has 0 amide bonds. The van der Waals surface area contributed by atoms with E-state index in [4.69, 9.17) is 4.74 Å². The minimum Gasteiger partial charge on any atom is -0.494 e. The molecule has 0 saturated heterocycles. The molecule has 5 nitrogen and oxygen atoms in total. The van der Waals surface area contributed by atoms with E-state index in [2.05, 4.69) is 4.72 Å². The van der Waals surface area contributed by atoms with Crippen LogP contribution in [0.4, 0.5) is 0 Å². The fraction of sp³-hybridized carbons (Fsp3) is 0.238. The second-order valence-electron chi connectivity index (χ2n) is 6.35. The lowest BCUT2D eigenvalue weighted by atomic mass is 10.2. The van der Waals surface area contributed by atoms with E-state index in [0.29, 0.717) is 24.5 Å². The number of nitrogens with one attached hydrogen (secondary N) is 1. The highest BCUT2D eigenvalue weighted by atomic mass is 32.2. The summed E-state index contributed by atoms with van der Waals surface area (Å²) in [6, 6.07) is 18.7. The molecule has 0 saturated carbocycles. The molecule has 0 fully saturated rings. The summed E-state index contributed by atoms with van der Waals surface area (Å²) in [5, 5.41) is 0. The van der Waals surface area contributed by atoms with Crippen molar-refractivity contribution in [1.82, 2.24) is 9.29 Å². The van der Waals surface area contributed by atoms with E-state index in [-0.39, 0.29) is 0 Å². The van der Waals surface area contributed by atoms with Gasteiger partial charge >= 0.3 is 0 Å². The number of aromatic nitrogens is 1. The Hall–Kier alpha value is -2.57. The van der Waals surface area contributed by atoms with E-state index in [9.17, 15) is 8.42 Å². The molecule has 2 aromatic carbocycles. The summed E-state index contributed by atoms with van der Waals surface area (Å²) in [6.07, 6.45) is 5.48. The molecule has 3 aromatic rings. The van der Waals surface area contributed by atoms with E-state index in [0.717, 1.165) is 23.4 Å². The van der Waals surface area contributed by atoms with Crippen LogP contribution in [0.2, 0.25) is 0 Å². The molecule has 0 spiro atoms. The van der Waals surface area contributed by atoms with Gasteiger partial charge in [-0.2, -0.15) is 0 Å². The van der Waals surface area contributed by atoms with Crippen LogP contribution >= 0.6 is 0 Å². The molecular formula is C21H24N2O3S. The quantitative estimate of drug-likeness (QED) is 0.569. The first kappa shape index (κ1) is 19.2. The van der Waals surface area contributed by atoms with Crippen molar-refractivity contribution in [1.29, 1.82) is 0 Å². The minimum atomic E-state index is -3.44. The van der Waals surface area contributed by atoms with Crippen molar-refractivity contribution in [3.63, 3.8) is 0 Å². The Bertz CT molecular complexity index is 932. The summed E-state index contributed by atoms with van der Waals surface area (Å²) < 4.78 is 34.7. The molecule has 0 unspecified atom stereocenters. The largest absolute Gasteiger partial charge is 0.494 e. The topological polar surface area (TPSA) is 60.3 Å². The average molecular weight is 385 g/mol. The highest BCUT2D eigenvalue weighted by molar-refractivity contribution is 7.89. The Morgan fingerprint density at radius 2 is 1.59 bits per heavy atom. The van der Waals surface area contributed by atoms with Crippen molar-refractivity contribution in [2.45, 2.75) is 24.7 Å². The van der Waals surface area contributed by atoms with E-state index in [1.165, 1.54) is 0 Å². The molecule has 0 bridgehead atoms. The second kappa shape index (κ2) is 8.88. The third-order valence-electron chi connectivity index (χ3n) is 4.20. The molecule has 27 heavy (non-hydrogen) atoms. The predicted molar refractivity (Wildman–Crippen MR) is 107 cm³/mol. The molecule has 3 rings (SSSR count). The first-order chi connectivity index (χ1) is 13.0. The predicted octanol–water partition coefficient (Wildman–Crippen LogP) is 3.92. The van der Waals surface area contributed by atoms with Crippen molar-refractivity contribution >= 4 is 10.0 Å². The van der Waals surface area contributed by atoms with Crippen LogP contribution in [0.3, 0.4) is 0 Å². The van der Waals surface area contributed by atoms with Gasteiger partial charge in [-0.3, -0.25) is 0 Å². The number of sulfonamides is 1. The van der Waals surface area contributed by atoms with Crippen molar-refractivity contribution in [2.24, 2.45) is 0 Å². The molecular weight excluding hydrogens is 360 g/mol. The first-order valence-corrected chi connectivity index (χ1v) is 10.5. The fourth-order valence-electron chi connectivity index (χ4n) is 2.65. The van der Waals surface area contributed by atoms with Crippen LogP contribution in [0, 0.1) is 6.92 Å². The summed E-state index contributed by atoms with van der Waals surface area (Å²) in [4.78, 5) is 0.298. The Morgan fingerprint density at radius 3 is 2.26 bits per heavy atom. The second-order valence-corrected chi connectivity index (χ2v) is 8.12. The van der Waals surface area contributed by atoms with E-state index >= 15 is 0 Å². The number of aryl methyl sites for hydroxylation is 1. The minimum absolute atomic E-state index is 0.298. The Morgan fingerprint density at radius 1 is 0.926 bits per heavy atom. The molecule has 0 aliphatic carbocycles. The molecule has 1 heterocycles. The fourth-order valence-corrected chi connectivity index (χ4v) is 3.72. The van der Waals surface area contributed by atoms with Gasteiger partial charge in [-0.15, -0.1) is 0 Å². The van der Waals surface area contributed by atoms with Crippen molar-refractivity contribution < 1.29 is 13.2 Å². The lowest BCUT2D eigenvalue weighted by molar-refractivity contribution is 0.307. The number of rotatable bonds is 9. The smallest absolute Gasteiger partial charge is 0.240 e. The third-order valence-corrected chi connectivity index (χ3v) is 5.68. The zero-order valence-electron chi connectivity index (χ0n) is 15.3. The highest BCUT2D eigenvalue weighted by Gasteiger charge is 2.12. The maximum absolute atomic E-state index is 12.2. The van der Waals surface area contributed by atoms with Crippen LogP contribution < -0.4 is 9.46 Å². The molecule has 0 aliphatic heterocycles. The van der Waals surface area contributed by atoms with Gasteiger partial charge in [-0.05, 0) is 68.3 Å². The Kier molecular flexibility index (Phi) is 6.32. The summed E-state index contributed by atoms with van der Waals surface area (Å²) in [6.45, 7) is 2.87. The zero-order chi connectivity index (χ0) is 19.1. The van der Waals surface area contributed by atoms with E-state index in [1.807, 2.05) is 60.3 Å². The van der Waals surface area contributed by atoms with Crippen LogP contribution in [-0.2, 0) is 10.0 Å². The molecule has 142 valence electrons. The zero-order valence-corrected chi connectivity index (χ0v) is 16.2. The van der Waals surface area contributed by atoms with Gasteiger partial charge in [0.1, 0.15) is 5.75 Å². The van der Waals surface area contributed by atoms with Gasteiger partial charge < -0.3 is 9.30 Å². The van der Waals surface area contributed by atoms with Gasteiger partial charge in [0.15, 0.2) is 0 Å².